The average Bonchev–Trinajstić information content (AvgIpc) is 3.10. The molecule has 27 heavy (non-hydrogen) atoms. The van der Waals surface area contributed by atoms with Crippen molar-refractivity contribution in [1.29, 1.82) is 0 Å². The van der Waals surface area contributed by atoms with Crippen molar-refractivity contribution in [2.75, 3.05) is 13.1 Å². The van der Waals surface area contributed by atoms with Crippen LogP contribution in [0, 0.1) is 17.8 Å². The lowest BCUT2D eigenvalue weighted by atomic mass is 9.65. The molecule has 2 aliphatic carbocycles. The van der Waals surface area contributed by atoms with Crippen LogP contribution in [0.15, 0.2) is 24.4 Å². The van der Waals surface area contributed by atoms with Crippen LogP contribution in [0.2, 0.25) is 0 Å². The van der Waals surface area contributed by atoms with E-state index in [4.69, 9.17) is 5.73 Å². The smallest absolute Gasteiger partial charge is 0.272 e. The summed E-state index contributed by atoms with van der Waals surface area (Å²) in [5.74, 6) is 1.20. The summed E-state index contributed by atoms with van der Waals surface area (Å²) < 4.78 is 0. The summed E-state index contributed by atoms with van der Waals surface area (Å²) in [6.45, 7) is 1.24. The third-order valence-corrected chi connectivity index (χ3v) is 6.49. The van der Waals surface area contributed by atoms with Gasteiger partial charge in [-0.2, -0.15) is 0 Å². The summed E-state index contributed by atoms with van der Waals surface area (Å²) in [6, 6.07) is 5.68. The van der Waals surface area contributed by atoms with E-state index in [-0.39, 0.29) is 42.2 Å². The van der Waals surface area contributed by atoms with Crippen molar-refractivity contribution >= 4 is 24.2 Å². The van der Waals surface area contributed by atoms with Gasteiger partial charge in [-0.3, -0.25) is 14.6 Å². The number of carbonyl (C=O) groups excluding carboxylic acids is 2. The van der Waals surface area contributed by atoms with Crippen LogP contribution >= 0.6 is 12.4 Å². The minimum Gasteiger partial charge on any atom is -0.351 e. The monoisotopic (exact) mass is 392 g/mol. The molecule has 4 rings (SSSR count). The zero-order valence-electron chi connectivity index (χ0n) is 15.5. The number of hydrogen-bond donors (Lipinski definition) is 2. The second-order valence-corrected chi connectivity index (χ2v) is 8.16. The van der Waals surface area contributed by atoms with Crippen LogP contribution in [0.4, 0.5) is 0 Å². The van der Waals surface area contributed by atoms with E-state index >= 15 is 0 Å². The van der Waals surface area contributed by atoms with Crippen LogP contribution in [-0.2, 0) is 4.79 Å². The van der Waals surface area contributed by atoms with Gasteiger partial charge in [0, 0.05) is 37.3 Å². The van der Waals surface area contributed by atoms with Gasteiger partial charge in [0.1, 0.15) is 5.69 Å². The standard InChI is InChI=1S/C20H28N4O2.ClH/c21-18-13-4-3-5-14(18)11-15(10-13)19(25)23-16-7-9-24(12-16)20(26)17-6-1-2-8-22-17;/h1-2,6,8,13-16,18H,3-5,7,9-12,21H2,(H,23,25);1H. The average molecular weight is 393 g/mol. The van der Waals surface area contributed by atoms with Gasteiger partial charge in [-0.05, 0) is 56.1 Å². The lowest BCUT2D eigenvalue weighted by Gasteiger charge is -2.43. The Bertz CT molecular complexity index is 657. The summed E-state index contributed by atoms with van der Waals surface area (Å²) in [4.78, 5) is 31.2. The lowest BCUT2D eigenvalue weighted by Crippen LogP contribution is -2.50. The van der Waals surface area contributed by atoms with Gasteiger partial charge < -0.3 is 16.0 Å². The number of nitrogens with one attached hydrogen (secondary N) is 1. The molecule has 2 amide bonds. The second kappa shape index (κ2) is 8.57. The summed E-state index contributed by atoms with van der Waals surface area (Å²) in [6.07, 6.45) is 7.87. The Morgan fingerprint density at radius 3 is 2.56 bits per heavy atom. The predicted molar refractivity (Wildman–Crippen MR) is 105 cm³/mol. The Morgan fingerprint density at radius 1 is 1.15 bits per heavy atom. The van der Waals surface area contributed by atoms with Gasteiger partial charge in [-0.25, -0.2) is 0 Å². The SMILES string of the molecule is Cl.NC1C2CCCC1CC(C(=O)NC1CCN(C(=O)c3ccccn3)C1)C2. The highest BCUT2D eigenvalue weighted by atomic mass is 35.5. The van der Waals surface area contributed by atoms with Gasteiger partial charge >= 0.3 is 0 Å². The fraction of sp³-hybridized carbons (Fsp3) is 0.650. The molecule has 0 radical (unpaired) electrons. The molecule has 0 aromatic carbocycles. The highest BCUT2D eigenvalue weighted by Crippen LogP contribution is 2.41. The van der Waals surface area contributed by atoms with Gasteiger partial charge in [-0.15, -0.1) is 12.4 Å². The number of halogens is 1. The maximum Gasteiger partial charge on any atom is 0.272 e. The molecule has 7 heteroatoms. The van der Waals surface area contributed by atoms with Crippen LogP contribution in [0.5, 0.6) is 0 Å². The van der Waals surface area contributed by atoms with Crippen molar-refractivity contribution in [2.24, 2.45) is 23.5 Å². The van der Waals surface area contributed by atoms with Gasteiger partial charge in [0.15, 0.2) is 0 Å². The first kappa shape index (κ1) is 20.1. The van der Waals surface area contributed by atoms with E-state index in [1.165, 1.54) is 6.42 Å². The zero-order valence-corrected chi connectivity index (χ0v) is 16.4. The largest absolute Gasteiger partial charge is 0.351 e. The van der Waals surface area contributed by atoms with Crippen LogP contribution < -0.4 is 11.1 Å². The van der Waals surface area contributed by atoms with Crippen LogP contribution in [0.1, 0.15) is 49.0 Å². The molecule has 3 aliphatic rings. The molecule has 148 valence electrons. The van der Waals surface area contributed by atoms with Gasteiger partial charge in [0.2, 0.25) is 5.91 Å². The molecule has 2 bridgehead atoms. The number of nitrogens with zero attached hydrogens (tertiary/aromatic N) is 2. The van der Waals surface area contributed by atoms with E-state index in [1.807, 2.05) is 6.07 Å². The lowest BCUT2D eigenvalue weighted by molar-refractivity contribution is -0.128. The van der Waals surface area contributed by atoms with Crippen molar-refractivity contribution in [3.05, 3.63) is 30.1 Å². The Labute approximate surface area is 166 Å². The molecule has 3 N–H and O–H groups in total. The number of amides is 2. The van der Waals surface area contributed by atoms with Crippen LogP contribution in [-0.4, -0.2) is 46.9 Å². The van der Waals surface area contributed by atoms with Crippen molar-refractivity contribution < 1.29 is 9.59 Å². The first-order chi connectivity index (χ1) is 12.6. The highest BCUT2D eigenvalue weighted by Gasteiger charge is 2.41. The van der Waals surface area contributed by atoms with E-state index in [1.54, 1.807) is 23.2 Å². The van der Waals surface area contributed by atoms with Crippen LogP contribution in [0.25, 0.3) is 0 Å². The first-order valence-corrected chi connectivity index (χ1v) is 9.88. The maximum absolute atomic E-state index is 12.8. The molecular formula is C20H29ClN4O2. The van der Waals surface area contributed by atoms with E-state index in [2.05, 4.69) is 10.3 Å². The minimum atomic E-state index is -0.0551. The summed E-state index contributed by atoms with van der Waals surface area (Å²) in [5, 5.41) is 3.19. The van der Waals surface area contributed by atoms with Gasteiger partial charge in [-0.1, -0.05) is 12.5 Å². The van der Waals surface area contributed by atoms with E-state index in [0.29, 0.717) is 30.6 Å². The Morgan fingerprint density at radius 2 is 1.89 bits per heavy atom. The minimum absolute atomic E-state index is 0. The van der Waals surface area contributed by atoms with Crippen LogP contribution in [0.3, 0.4) is 0 Å². The van der Waals surface area contributed by atoms with E-state index in [9.17, 15) is 9.59 Å². The van der Waals surface area contributed by atoms with E-state index in [0.717, 1.165) is 32.1 Å². The Balaban J connectivity index is 0.00000210. The summed E-state index contributed by atoms with van der Waals surface area (Å²) in [5.41, 5.74) is 6.80. The molecule has 2 saturated carbocycles. The molecule has 2 heterocycles. The van der Waals surface area contributed by atoms with Crippen molar-refractivity contribution in [3.63, 3.8) is 0 Å². The normalized spacial score (nSPS) is 32.5. The molecule has 3 atom stereocenters. The van der Waals surface area contributed by atoms with E-state index < -0.39 is 0 Å². The number of nitrogens with two attached hydrogens (primary N) is 1. The van der Waals surface area contributed by atoms with Crippen molar-refractivity contribution in [2.45, 2.75) is 50.6 Å². The topological polar surface area (TPSA) is 88.3 Å². The van der Waals surface area contributed by atoms with Gasteiger partial charge in [0.05, 0.1) is 0 Å². The highest BCUT2D eigenvalue weighted by molar-refractivity contribution is 5.92. The Hall–Kier alpha value is -1.66. The molecule has 1 aromatic rings. The second-order valence-electron chi connectivity index (χ2n) is 8.16. The van der Waals surface area contributed by atoms with Crippen molar-refractivity contribution in [1.82, 2.24) is 15.2 Å². The molecule has 0 spiro atoms. The maximum atomic E-state index is 12.8. The molecule has 1 saturated heterocycles. The number of rotatable bonds is 3. The third kappa shape index (κ3) is 4.27. The Kier molecular flexibility index (Phi) is 6.37. The summed E-state index contributed by atoms with van der Waals surface area (Å²) >= 11 is 0. The number of pyridine rings is 1. The third-order valence-electron chi connectivity index (χ3n) is 6.49. The number of hydrogen-bond acceptors (Lipinski definition) is 4. The first-order valence-electron chi connectivity index (χ1n) is 9.88. The molecule has 6 nitrogen and oxygen atoms in total. The van der Waals surface area contributed by atoms with Gasteiger partial charge in [0.25, 0.3) is 5.91 Å². The molecular weight excluding hydrogens is 364 g/mol. The van der Waals surface area contributed by atoms with Crippen molar-refractivity contribution in [3.8, 4) is 0 Å². The number of carbonyl (C=O) groups is 2. The zero-order chi connectivity index (χ0) is 18.1. The molecule has 1 aromatic heterocycles. The predicted octanol–water partition coefficient (Wildman–Crippen LogP) is 1.99. The number of aromatic nitrogens is 1. The fourth-order valence-corrected chi connectivity index (χ4v) is 5.04. The number of fused-ring (bicyclic) bond motifs is 2. The quantitative estimate of drug-likeness (QED) is 0.823. The summed E-state index contributed by atoms with van der Waals surface area (Å²) in [7, 11) is 0. The fourth-order valence-electron chi connectivity index (χ4n) is 5.04. The molecule has 3 fully saturated rings. The molecule has 1 aliphatic heterocycles. The molecule has 3 unspecified atom stereocenters. The number of likely N-dealkylation sites (tertiary alicyclic amines) is 1.